The maximum absolute atomic E-state index is 12.5. The standard InChI is InChI=1S/C18H13ClIN3O5/c1-27-16-7-10(6-13(20)17(16)28-2)5-11(9-21)18(24)22-14-4-3-12(19)8-15(14)23(25)26/h3-8H,1-2H3,(H,22,24). The van der Waals surface area contributed by atoms with Crippen LogP contribution in [0.4, 0.5) is 11.4 Å². The molecule has 1 N–H and O–H groups in total. The highest BCUT2D eigenvalue weighted by Crippen LogP contribution is 2.34. The molecule has 0 aliphatic carbocycles. The number of anilines is 1. The summed E-state index contributed by atoms with van der Waals surface area (Å²) < 4.78 is 11.2. The molecule has 0 bridgehead atoms. The molecule has 2 aromatic rings. The Morgan fingerprint density at radius 2 is 2.04 bits per heavy atom. The normalized spacial score (nSPS) is 10.8. The van der Waals surface area contributed by atoms with Gasteiger partial charge in [-0.05, 0) is 58.5 Å². The Kier molecular flexibility index (Phi) is 7.19. The van der Waals surface area contributed by atoms with Gasteiger partial charge in [0.2, 0.25) is 0 Å². The minimum Gasteiger partial charge on any atom is -0.493 e. The van der Waals surface area contributed by atoms with Gasteiger partial charge in [0.15, 0.2) is 11.5 Å². The van der Waals surface area contributed by atoms with Gasteiger partial charge >= 0.3 is 0 Å². The van der Waals surface area contributed by atoms with Gasteiger partial charge < -0.3 is 14.8 Å². The quantitative estimate of drug-likeness (QED) is 0.201. The van der Waals surface area contributed by atoms with Crippen LogP contribution in [0.2, 0.25) is 5.02 Å². The van der Waals surface area contributed by atoms with Crippen LogP contribution < -0.4 is 14.8 Å². The van der Waals surface area contributed by atoms with Crippen LogP contribution in [0.3, 0.4) is 0 Å². The van der Waals surface area contributed by atoms with Gasteiger partial charge in [-0.2, -0.15) is 5.26 Å². The lowest BCUT2D eigenvalue weighted by atomic mass is 10.1. The van der Waals surface area contributed by atoms with Crippen molar-refractivity contribution in [3.8, 4) is 17.6 Å². The van der Waals surface area contributed by atoms with Gasteiger partial charge in [-0.3, -0.25) is 14.9 Å². The Bertz CT molecular complexity index is 1020. The number of nitro groups is 1. The first-order valence-electron chi connectivity index (χ1n) is 7.59. The highest BCUT2D eigenvalue weighted by Gasteiger charge is 2.19. The number of nitrogens with zero attached hydrogens (tertiary/aromatic N) is 2. The molecule has 0 heterocycles. The molecule has 0 aromatic heterocycles. The molecule has 144 valence electrons. The van der Waals surface area contributed by atoms with Gasteiger partial charge in [0, 0.05) is 11.1 Å². The van der Waals surface area contributed by atoms with E-state index in [4.69, 9.17) is 21.1 Å². The SMILES string of the molecule is COc1cc(C=C(C#N)C(=O)Nc2ccc(Cl)cc2[N+](=O)[O-])cc(I)c1OC. The van der Waals surface area contributed by atoms with Crippen molar-refractivity contribution in [2.45, 2.75) is 0 Å². The molecule has 0 fully saturated rings. The lowest BCUT2D eigenvalue weighted by molar-refractivity contribution is -0.383. The number of benzene rings is 2. The lowest BCUT2D eigenvalue weighted by Gasteiger charge is -2.11. The number of ether oxygens (including phenoxy) is 2. The van der Waals surface area contributed by atoms with Crippen molar-refractivity contribution in [2.24, 2.45) is 0 Å². The zero-order valence-corrected chi connectivity index (χ0v) is 17.6. The van der Waals surface area contributed by atoms with E-state index in [1.165, 1.54) is 32.4 Å². The summed E-state index contributed by atoms with van der Waals surface area (Å²) in [6.07, 6.45) is 1.35. The summed E-state index contributed by atoms with van der Waals surface area (Å²) in [5.74, 6) is 0.171. The van der Waals surface area contributed by atoms with E-state index in [2.05, 4.69) is 5.32 Å². The molecule has 0 aliphatic rings. The van der Waals surface area contributed by atoms with Crippen molar-refractivity contribution in [3.63, 3.8) is 0 Å². The third kappa shape index (κ3) is 4.90. The zero-order chi connectivity index (χ0) is 20.8. The number of carbonyl (C=O) groups excluding carboxylic acids is 1. The summed E-state index contributed by atoms with van der Waals surface area (Å²) >= 11 is 7.80. The summed E-state index contributed by atoms with van der Waals surface area (Å²) in [5, 5.41) is 23.0. The number of carbonyl (C=O) groups is 1. The van der Waals surface area contributed by atoms with Gasteiger partial charge in [-0.15, -0.1) is 0 Å². The molecular weight excluding hydrogens is 501 g/mol. The highest BCUT2D eigenvalue weighted by atomic mass is 127. The summed E-state index contributed by atoms with van der Waals surface area (Å²) in [6.45, 7) is 0. The summed E-state index contributed by atoms with van der Waals surface area (Å²) in [7, 11) is 2.97. The molecule has 2 rings (SSSR count). The van der Waals surface area contributed by atoms with Gasteiger partial charge in [0.25, 0.3) is 11.6 Å². The smallest absolute Gasteiger partial charge is 0.294 e. The first-order chi connectivity index (χ1) is 13.3. The predicted octanol–water partition coefficient (Wildman–Crippen LogP) is 4.42. The number of hydrogen-bond acceptors (Lipinski definition) is 6. The van der Waals surface area contributed by atoms with Crippen LogP contribution in [0.15, 0.2) is 35.9 Å². The largest absolute Gasteiger partial charge is 0.493 e. The number of rotatable bonds is 6. The Labute approximate surface area is 179 Å². The third-order valence-corrected chi connectivity index (χ3v) is 4.57. The number of halogens is 2. The van der Waals surface area contributed by atoms with Crippen LogP contribution in [-0.2, 0) is 4.79 Å². The fraction of sp³-hybridized carbons (Fsp3) is 0.111. The van der Waals surface area contributed by atoms with E-state index in [1.54, 1.807) is 18.2 Å². The second kappa shape index (κ2) is 9.38. The Balaban J connectivity index is 2.39. The number of amides is 1. The Morgan fingerprint density at radius 3 is 2.61 bits per heavy atom. The molecule has 0 saturated carbocycles. The van der Waals surface area contributed by atoms with E-state index in [-0.39, 0.29) is 22.0 Å². The minimum atomic E-state index is -0.794. The van der Waals surface area contributed by atoms with Crippen molar-refractivity contribution in [1.82, 2.24) is 0 Å². The molecule has 1 amide bonds. The second-order valence-corrected chi connectivity index (χ2v) is 6.88. The van der Waals surface area contributed by atoms with Gasteiger partial charge in [0.05, 0.1) is 22.7 Å². The molecule has 0 spiro atoms. The fourth-order valence-electron chi connectivity index (χ4n) is 2.29. The number of nitrogens with one attached hydrogen (secondary N) is 1. The number of nitriles is 1. The molecule has 2 aromatic carbocycles. The van der Waals surface area contributed by atoms with Crippen LogP contribution in [-0.4, -0.2) is 25.1 Å². The van der Waals surface area contributed by atoms with Crippen molar-refractivity contribution >= 4 is 57.5 Å². The first-order valence-corrected chi connectivity index (χ1v) is 9.05. The van der Waals surface area contributed by atoms with Gasteiger partial charge in [-0.1, -0.05) is 11.6 Å². The molecule has 0 atom stereocenters. The van der Waals surface area contributed by atoms with Crippen LogP contribution in [0.25, 0.3) is 6.08 Å². The number of hydrogen-bond donors (Lipinski definition) is 1. The summed E-state index contributed by atoms with van der Waals surface area (Å²) in [5.41, 5.74) is -0.159. The summed E-state index contributed by atoms with van der Waals surface area (Å²) in [6, 6.07) is 8.92. The van der Waals surface area contributed by atoms with Gasteiger partial charge in [0.1, 0.15) is 17.3 Å². The van der Waals surface area contributed by atoms with Crippen molar-refractivity contribution in [3.05, 3.63) is 60.2 Å². The average molecular weight is 514 g/mol. The molecule has 0 aliphatic heterocycles. The maximum atomic E-state index is 12.5. The van der Waals surface area contributed by atoms with Crippen LogP contribution >= 0.6 is 34.2 Å². The molecular formula is C18H13ClIN3O5. The van der Waals surface area contributed by atoms with Crippen molar-refractivity contribution < 1.29 is 19.2 Å². The predicted molar refractivity (Wildman–Crippen MR) is 113 cm³/mol. The van der Waals surface area contributed by atoms with Crippen LogP contribution in [0.1, 0.15) is 5.56 Å². The van der Waals surface area contributed by atoms with E-state index in [0.717, 1.165) is 9.64 Å². The van der Waals surface area contributed by atoms with Gasteiger partial charge in [-0.25, -0.2) is 0 Å². The lowest BCUT2D eigenvalue weighted by Crippen LogP contribution is -2.14. The topological polar surface area (TPSA) is 114 Å². The molecule has 8 nitrogen and oxygen atoms in total. The minimum absolute atomic E-state index is 0.0672. The third-order valence-electron chi connectivity index (χ3n) is 3.54. The molecule has 28 heavy (non-hydrogen) atoms. The van der Waals surface area contributed by atoms with E-state index in [0.29, 0.717) is 17.1 Å². The molecule has 0 radical (unpaired) electrons. The fourth-order valence-corrected chi connectivity index (χ4v) is 3.30. The number of methoxy groups -OCH3 is 2. The van der Waals surface area contributed by atoms with Crippen molar-refractivity contribution in [1.29, 1.82) is 5.26 Å². The molecule has 0 saturated heterocycles. The van der Waals surface area contributed by atoms with E-state index < -0.39 is 10.8 Å². The maximum Gasteiger partial charge on any atom is 0.294 e. The van der Waals surface area contributed by atoms with Crippen LogP contribution in [0.5, 0.6) is 11.5 Å². The Morgan fingerprint density at radius 1 is 1.32 bits per heavy atom. The average Bonchev–Trinajstić information content (AvgIpc) is 2.66. The summed E-state index contributed by atoms with van der Waals surface area (Å²) in [4.78, 5) is 22.9. The second-order valence-electron chi connectivity index (χ2n) is 5.28. The van der Waals surface area contributed by atoms with E-state index >= 15 is 0 Å². The van der Waals surface area contributed by atoms with E-state index in [1.807, 2.05) is 22.6 Å². The highest BCUT2D eigenvalue weighted by molar-refractivity contribution is 14.1. The molecule has 0 unspecified atom stereocenters. The van der Waals surface area contributed by atoms with Crippen molar-refractivity contribution in [2.75, 3.05) is 19.5 Å². The van der Waals surface area contributed by atoms with Crippen LogP contribution in [0, 0.1) is 25.0 Å². The van der Waals surface area contributed by atoms with E-state index in [9.17, 15) is 20.2 Å². The number of nitro benzene ring substituents is 1. The first kappa shape index (κ1) is 21.5. The zero-order valence-electron chi connectivity index (χ0n) is 14.7. The Hall–Kier alpha value is -2.84. The monoisotopic (exact) mass is 513 g/mol. The molecule has 10 heteroatoms.